The van der Waals surface area contributed by atoms with Gasteiger partial charge in [-0.3, -0.25) is 4.68 Å². The highest BCUT2D eigenvalue weighted by Crippen LogP contribution is 2.19. The summed E-state index contributed by atoms with van der Waals surface area (Å²) in [7, 11) is 1.86. The van der Waals surface area contributed by atoms with Gasteiger partial charge in [-0.15, -0.1) is 0 Å². The summed E-state index contributed by atoms with van der Waals surface area (Å²) in [5.74, 6) is -0.284. The summed E-state index contributed by atoms with van der Waals surface area (Å²) in [6.45, 7) is 0. The van der Waals surface area contributed by atoms with Gasteiger partial charge in [-0.25, -0.2) is 4.39 Å². The van der Waals surface area contributed by atoms with Gasteiger partial charge >= 0.3 is 0 Å². The molecule has 3 nitrogen and oxygen atoms in total. The van der Waals surface area contributed by atoms with Crippen LogP contribution in [0, 0.1) is 5.82 Å². The van der Waals surface area contributed by atoms with Crippen molar-refractivity contribution in [1.29, 1.82) is 0 Å². The van der Waals surface area contributed by atoms with Gasteiger partial charge in [0.15, 0.2) is 0 Å². The summed E-state index contributed by atoms with van der Waals surface area (Å²) in [6, 6.07) is 5.96. The average Bonchev–Trinajstić information content (AvgIpc) is 2.73. The van der Waals surface area contributed by atoms with Crippen LogP contribution in [0.5, 0.6) is 0 Å². The van der Waals surface area contributed by atoms with Crippen molar-refractivity contribution < 1.29 is 9.50 Å². The zero-order valence-electron chi connectivity index (χ0n) is 9.68. The van der Waals surface area contributed by atoms with Gasteiger partial charge in [-0.1, -0.05) is 12.1 Å². The number of aliphatic hydroxyl groups is 1. The van der Waals surface area contributed by atoms with Gasteiger partial charge in [-0.2, -0.15) is 5.10 Å². The van der Waals surface area contributed by atoms with Crippen LogP contribution in [-0.2, 0) is 13.5 Å². The van der Waals surface area contributed by atoms with Crippen LogP contribution in [0.4, 0.5) is 4.39 Å². The first-order valence-electron chi connectivity index (χ1n) is 5.56. The van der Waals surface area contributed by atoms with E-state index in [9.17, 15) is 9.50 Å². The van der Waals surface area contributed by atoms with Gasteiger partial charge in [0, 0.05) is 13.2 Å². The van der Waals surface area contributed by atoms with Gasteiger partial charge < -0.3 is 5.11 Å². The van der Waals surface area contributed by atoms with E-state index in [0.717, 1.165) is 17.5 Å². The fraction of sp³-hybridized carbons (Fsp3) is 0.308. The average molecular weight is 234 g/mol. The van der Waals surface area contributed by atoms with E-state index in [1.165, 1.54) is 12.1 Å². The Bertz CT molecular complexity index is 478. The second-order valence-corrected chi connectivity index (χ2v) is 4.13. The lowest BCUT2D eigenvalue weighted by atomic mass is 10.0. The summed E-state index contributed by atoms with van der Waals surface area (Å²) in [4.78, 5) is 0. The zero-order chi connectivity index (χ0) is 12.3. The standard InChI is InChI=1S/C13H15FN2O/c1-16-9-10(8-15-16)2-7-13(17)11-3-5-12(14)6-4-11/h3-6,8-9,13,17H,2,7H2,1H3. The largest absolute Gasteiger partial charge is 0.388 e. The fourth-order valence-corrected chi connectivity index (χ4v) is 1.76. The van der Waals surface area contributed by atoms with Crippen LogP contribution in [0.2, 0.25) is 0 Å². The minimum absolute atomic E-state index is 0.284. The number of benzene rings is 1. The van der Waals surface area contributed by atoms with E-state index in [1.54, 1.807) is 23.0 Å². The number of aliphatic hydroxyl groups excluding tert-OH is 1. The van der Waals surface area contributed by atoms with Crippen molar-refractivity contribution in [2.45, 2.75) is 18.9 Å². The van der Waals surface area contributed by atoms with Crippen LogP contribution in [0.15, 0.2) is 36.7 Å². The van der Waals surface area contributed by atoms with Gasteiger partial charge in [0.1, 0.15) is 5.82 Å². The maximum Gasteiger partial charge on any atom is 0.123 e. The zero-order valence-corrected chi connectivity index (χ0v) is 9.68. The maximum atomic E-state index is 12.7. The highest BCUT2D eigenvalue weighted by atomic mass is 19.1. The first kappa shape index (κ1) is 11.8. The summed E-state index contributed by atoms with van der Waals surface area (Å²) >= 11 is 0. The third kappa shape index (κ3) is 3.14. The van der Waals surface area contributed by atoms with E-state index in [2.05, 4.69) is 5.10 Å². The van der Waals surface area contributed by atoms with Crippen molar-refractivity contribution in [3.63, 3.8) is 0 Å². The van der Waals surface area contributed by atoms with Crippen LogP contribution >= 0.6 is 0 Å². The van der Waals surface area contributed by atoms with Gasteiger partial charge in [0.05, 0.1) is 12.3 Å². The molecule has 90 valence electrons. The molecule has 1 N–H and O–H groups in total. The Hall–Kier alpha value is -1.68. The number of rotatable bonds is 4. The van der Waals surface area contributed by atoms with E-state index in [1.807, 2.05) is 13.2 Å². The maximum absolute atomic E-state index is 12.7. The number of hydrogen-bond acceptors (Lipinski definition) is 2. The molecule has 0 saturated heterocycles. The predicted molar refractivity (Wildman–Crippen MR) is 62.9 cm³/mol. The number of aryl methyl sites for hydroxylation is 2. The third-order valence-electron chi connectivity index (χ3n) is 2.72. The van der Waals surface area contributed by atoms with E-state index in [-0.39, 0.29) is 5.82 Å². The molecule has 0 amide bonds. The molecule has 1 aromatic carbocycles. The molecule has 1 heterocycles. The number of nitrogens with zero attached hydrogens (tertiary/aromatic N) is 2. The summed E-state index contributed by atoms with van der Waals surface area (Å²) in [6.07, 6.45) is 4.52. The Labute approximate surface area is 99.5 Å². The van der Waals surface area contributed by atoms with Crippen molar-refractivity contribution in [1.82, 2.24) is 9.78 Å². The molecule has 2 aromatic rings. The Morgan fingerprint density at radius 3 is 2.65 bits per heavy atom. The van der Waals surface area contributed by atoms with Crippen molar-refractivity contribution >= 4 is 0 Å². The topological polar surface area (TPSA) is 38.0 Å². The van der Waals surface area contributed by atoms with Crippen LogP contribution in [0.25, 0.3) is 0 Å². The third-order valence-corrected chi connectivity index (χ3v) is 2.72. The molecule has 0 aliphatic heterocycles. The number of aromatic nitrogens is 2. The summed E-state index contributed by atoms with van der Waals surface area (Å²) in [5, 5.41) is 14.0. The molecule has 0 radical (unpaired) electrons. The Morgan fingerprint density at radius 1 is 1.35 bits per heavy atom. The van der Waals surface area contributed by atoms with E-state index in [4.69, 9.17) is 0 Å². The van der Waals surface area contributed by atoms with Crippen LogP contribution in [0.3, 0.4) is 0 Å². The Balaban J connectivity index is 1.93. The fourth-order valence-electron chi connectivity index (χ4n) is 1.76. The molecular weight excluding hydrogens is 219 g/mol. The molecule has 1 atom stereocenters. The summed E-state index contributed by atoms with van der Waals surface area (Å²) in [5.41, 5.74) is 1.84. The molecule has 1 unspecified atom stereocenters. The monoisotopic (exact) mass is 234 g/mol. The van der Waals surface area contributed by atoms with Crippen LogP contribution in [0.1, 0.15) is 23.7 Å². The van der Waals surface area contributed by atoms with Crippen molar-refractivity contribution in [3.8, 4) is 0 Å². The molecule has 1 aromatic heterocycles. The molecule has 17 heavy (non-hydrogen) atoms. The van der Waals surface area contributed by atoms with Crippen molar-refractivity contribution in [3.05, 3.63) is 53.6 Å². The first-order valence-corrected chi connectivity index (χ1v) is 5.56. The second kappa shape index (κ2) is 5.10. The molecule has 0 bridgehead atoms. The molecule has 0 aliphatic rings. The smallest absolute Gasteiger partial charge is 0.123 e. The number of halogens is 1. The Morgan fingerprint density at radius 2 is 2.06 bits per heavy atom. The van der Waals surface area contributed by atoms with Gasteiger partial charge in [0.25, 0.3) is 0 Å². The highest BCUT2D eigenvalue weighted by molar-refractivity contribution is 5.18. The molecule has 0 fully saturated rings. The lowest BCUT2D eigenvalue weighted by Gasteiger charge is -2.09. The SMILES string of the molecule is Cn1cc(CCC(O)c2ccc(F)cc2)cn1. The van der Waals surface area contributed by atoms with Gasteiger partial charge in [0.2, 0.25) is 0 Å². The quantitative estimate of drug-likeness (QED) is 0.880. The van der Waals surface area contributed by atoms with E-state index >= 15 is 0 Å². The molecule has 2 rings (SSSR count). The summed E-state index contributed by atoms with van der Waals surface area (Å²) < 4.78 is 14.4. The van der Waals surface area contributed by atoms with Crippen molar-refractivity contribution in [2.24, 2.45) is 7.05 Å². The minimum Gasteiger partial charge on any atom is -0.388 e. The minimum atomic E-state index is -0.559. The normalized spacial score (nSPS) is 12.6. The molecule has 4 heteroatoms. The van der Waals surface area contributed by atoms with Crippen molar-refractivity contribution in [2.75, 3.05) is 0 Å². The predicted octanol–water partition coefficient (Wildman–Crippen LogP) is 2.23. The molecule has 0 spiro atoms. The highest BCUT2D eigenvalue weighted by Gasteiger charge is 2.08. The molecular formula is C13H15FN2O. The van der Waals surface area contributed by atoms with Crippen LogP contribution in [-0.4, -0.2) is 14.9 Å². The molecule has 0 saturated carbocycles. The van der Waals surface area contributed by atoms with Crippen LogP contribution < -0.4 is 0 Å². The number of hydrogen-bond donors (Lipinski definition) is 1. The lowest BCUT2D eigenvalue weighted by Crippen LogP contribution is -1.99. The molecule has 0 aliphatic carbocycles. The Kier molecular flexibility index (Phi) is 3.54. The first-order chi connectivity index (χ1) is 8.15. The van der Waals surface area contributed by atoms with E-state index < -0.39 is 6.10 Å². The van der Waals surface area contributed by atoms with Gasteiger partial charge in [-0.05, 0) is 36.1 Å². The van der Waals surface area contributed by atoms with E-state index in [0.29, 0.717) is 6.42 Å². The second-order valence-electron chi connectivity index (χ2n) is 4.13. The lowest BCUT2D eigenvalue weighted by molar-refractivity contribution is 0.167.